The van der Waals surface area contributed by atoms with Crippen LogP contribution in [0.5, 0.6) is 0 Å². The number of benzene rings is 1. The normalized spacial score (nSPS) is 16.8. The van der Waals surface area contributed by atoms with Gasteiger partial charge in [-0.15, -0.1) is 0 Å². The number of nitrogens with zero attached hydrogens (tertiary/aromatic N) is 1. The van der Waals surface area contributed by atoms with Crippen LogP contribution in [0.3, 0.4) is 0 Å². The molecule has 2 amide bonds. The Morgan fingerprint density at radius 3 is 2.41 bits per heavy atom. The molecule has 2 rings (SSSR count). The lowest BCUT2D eigenvalue weighted by Crippen LogP contribution is -2.45. The summed E-state index contributed by atoms with van der Waals surface area (Å²) < 4.78 is 31.9. The van der Waals surface area contributed by atoms with Crippen molar-refractivity contribution < 1.29 is 22.7 Å². The van der Waals surface area contributed by atoms with Crippen LogP contribution in [-0.4, -0.2) is 57.0 Å². The number of esters is 1. The van der Waals surface area contributed by atoms with Crippen molar-refractivity contribution in [1.29, 1.82) is 0 Å². The molecule has 0 aromatic heterocycles. The van der Waals surface area contributed by atoms with Gasteiger partial charge in [-0.3, -0.25) is 0 Å². The van der Waals surface area contributed by atoms with E-state index in [0.717, 1.165) is 24.8 Å². The monoisotopic (exact) mass is 425 g/mol. The van der Waals surface area contributed by atoms with E-state index in [1.807, 2.05) is 6.92 Å². The van der Waals surface area contributed by atoms with Gasteiger partial charge in [-0.25, -0.2) is 18.0 Å². The minimum Gasteiger partial charge on any atom is -0.464 e. The van der Waals surface area contributed by atoms with Crippen LogP contribution in [0.1, 0.15) is 38.7 Å². The van der Waals surface area contributed by atoms with Gasteiger partial charge in [-0.2, -0.15) is 4.31 Å². The predicted molar refractivity (Wildman–Crippen MR) is 110 cm³/mol. The van der Waals surface area contributed by atoms with Gasteiger partial charge in [0.25, 0.3) is 0 Å². The van der Waals surface area contributed by atoms with Gasteiger partial charge in [0.15, 0.2) is 0 Å². The average Bonchev–Trinajstić information content (AvgIpc) is 2.69. The summed E-state index contributed by atoms with van der Waals surface area (Å²) in [6.07, 6.45) is 2.28. The zero-order valence-electron chi connectivity index (χ0n) is 17.3. The number of sulfonamides is 1. The summed E-state index contributed by atoms with van der Waals surface area (Å²) in [5, 5.41) is 5.28. The summed E-state index contributed by atoms with van der Waals surface area (Å²) in [6, 6.07) is 5.79. The highest BCUT2D eigenvalue weighted by molar-refractivity contribution is 7.89. The Balaban J connectivity index is 1.72. The Labute approximate surface area is 173 Å². The summed E-state index contributed by atoms with van der Waals surface area (Å²) in [7, 11) is -3.45. The molecule has 1 unspecified atom stereocenters. The summed E-state index contributed by atoms with van der Waals surface area (Å²) in [5.41, 5.74) is 1.02. The zero-order valence-corrected chi connectivity index (χ0v) is 18.1. The van der Waals surface area contributed by atoms with E-state index in [0.29, 0.717) is 30.4 Å². The van der Waals surface area contributed by atoms with Crippen LogP contribution in [0.25, 0.3) is 0 Å². The molecule has 8 nitrogen and oxygen atoms in total. The zero-order chi connectivity index (χ0) is 21.4. The van der Waals surface area contributed by atoms with Gasteiger partial charge < -0.3 is 15.4 Å². The molecule has 1 fully saturated rings. The second-order valence-electron chi connectivity index (χ2n) is 7.32. The van der Waals surface area contributed by atoms with Crippen LogP contribution in [0.2, 0.25) is 0 Å². The average molecular weight is 426 g/mol. The van der Waals surface area contributed by atoms with E-state index in [9.17, 15) is 18.0 Å². The van der Waals surface area contributed by atoms with Crippen molar-refractivity contribution in [3.05, 3.63) is 29.8 Å². The number of carbonyl (C=O) groups is 2. The van der Waals surface area contributed by atoms with E-state index >= 15 is 0 Å². The molecule has 1 aromatic rings. The van der Waals surface area contributed by atoms with Crippen molar-refractivity contribution in [3.63, 3.8) is 0 Å². The van der Waals surface area contributed by atoms with Gasteiger partial charge in [0, 0.05) is 19.6 Å². The van der Waals surface area contributed by atoms with Crippen molar-refractivity contribution in [2.45, 2.75) is 51.0 Å². The summed E-state index contributed by atoms with van der Waals surface area (Å²) in [5.74, 6) is -0.118. The van der Waals surface area contributed by atoms with Gasteiger partial charge >= 0.3 is 12.0 Å². The first-order valence-corrected chi connectivity index (χ1v) is 11.5. The molecule has 162 valence electrons. The van der Waals surface area contributed by atoms with Gasteiger partial charge in [0.1, 0.15) is 6.04 Å². The van der Waals surface area contributed by atoms with Crippen molar-refractivity contribution in [1.82, 2.24) is 14.9 Å². The first-order valence-electron chi connectivity index (χ1n) is 10.0. The van der Waals surface area contributed by atoms with Crippen molar-refractivity contribution in [3.8, 4) is 0 Å². The van der Waals surface area contributed by atoms with Gasteiger partial charge in [0.05, 0.1) is 11.5 Å². The molecule has 9 heteroatoms. The van der Waals surface area contributed by atoms with Gasteiger partial charge in [0.2, 0.25) is 10.0 Å². The summed E-state index contributed by atoms with van der Waals surface area (Å²) in [4.78, 5) is 23.7. The number of nitrogens with one attached hydrogen (secondary N) is 2. The Kier molecular flexibility index (Phi) is 8.45. The third kappa shape index (κ3) is 6.71. The number of hydrogen-bond acceptors (Lipinski definition) is 5. The number of hydrogen-bond donors (Lipinski definition) is 2. The standard InChI is InChI=1S/C20H31N3O5S/c1-4-28-19(24)16(3)22-20(25)21-12-9-17-10-13-23(14-11-17)29(26,27)18-7-5-15(2)6-8-18/h5-8,16-17H,4,9-14H2,1-3H3,(H2,21,22,25). The van der Waals surface area contributed by atoms with E-state index in [4.69, 9.17) is 4.74 Å². The Morgan fingerprint density at radius 2 is 1.83 bits per heavy atom. The molecule has 1 aliphatic heterocycles. The maximum Gasteiger partial charge on any atom is 0.328 e. The first kappa shape index (κ1) is 23.2. The minimum absolute atomic E-state index is 0.269. The van der Waals surface area contributed by atoms with Crippen LogP contribution < -0.4 is 10.6 Å². The largest absolute Gasteiger partial charge is 0.464 e. The van der Waals surface area contributed by atoms with Crippen molar-refractivity contribution in [2.24, 2.45) is 5.92 Å². The van der Waals surface area contributed by atoms with Crippen LogP contribution in [0.4, 0.5) is 4.79 Å². The molecule has 0 bridgehead atoms. The Bertz CT molecular complexity index is 787. The van der Waals surface area contributed by atoms with E-state index in [2.05, 4.69) is 10.6 Å². The molecule has 1 saturated heterocycles. The molecule has 29 heavy (non-hydrogen) atoms. The SMILES string of the molecule is CCOC(=O)C(C)NC(=O)NCCC1CCN(S(=O)(=O)c2ccc(C)cc2)CC1. The Morgan fingerprint density at radius 1 is 1.21 bits per heavy atom. The molecular weight excluding hydrogens is 394 g/mol. The first-order chi connectivity index (χ1) is 13.7. The summed E-state index contributed by atoms with van der Waals surface area (Å²) in [6.45, 7) is 6.90. The fourth-order valence-electron chi connectivity index (χ4n) is 3.26. The number of ether oxygens (including phenoxy) is 1. The third-order valence-corrected chi connectivity index (χ3v) is 6.97. The number of piperidine rings is 1. The molecule has 1 aromatic carbocycles. The van der Waals surface area contributed by atoms with Gasteiger partial charge in [-0.1, -0.05) is 17.7 Å². The van der Waals surface area contributed by atoms with Crippen LogP contribution in [0, 0.1) is 12.8 Å². The molecule has 1 heterocycles. The number of aryl methyl sites for hydroxylation is 1. The van der Waals surface area contributed by atoms with E-state index in [1.54, 1.807) is 38.1 Å². The molecular formula is C20H31N3O5S. The Hall–Kier alpha value is -2.13. The second kappa shape index (κ2) is 10.6. The lowest BCUT2D eigenvalue weighted by atomic mass is 9.95. The van der Waals surface area contributed by atoms with Crippen molar-refractivity contribution >= 4 is 22.0 Å². The molecule has 0 radical (unpaired) electrons. The van der Waals surface area contributed by atoms with Crippen LogP contribution in [-0.2, 0) is 19.6 Å². The fraction of sp³-hybridized carbons (Fsp3) is 0.600. The highest BCUT2D eigenvalue weighted by atomic mass is 32.2. The summed E-state index contributed by atoms with van der Waals surface area (Å²) >= 11 is 0. The molecule has 0 aliphatic carbocycles. The molecule has 0 saturated carbocycles. The van der Waals surface area contributed by atoms with Crippen LogP contribution >= 0.6 is 0 Å². The molecule has 0 spiro atoms. The van der Waals surface area contributed by atoms with Crippen molar-refractivity contribution in [2.75, 3.05) is 26.2 Å². The molecule has 1 atom stereocenters. The topological polar surface area (TPSA) is 105 Å². The smallest absolute Gasteiger partial charge is 0.328 e. The minimum atomic E-state index is -3.45. The van der Waals surface area contributed by atoms with Crippen LogP contribution in [0.15, 0.2) is 29.2 Å². The van der Waals surface area contributed by atoms with E-state index in [1.165, 1.54) is 4.31 Å². The fourth-order valence-corrected chi connectivity index (χ4v) is 4.73. The third-order valence-electron chi connectivity index (χ3n) is 5.06. The maximum absolute atomic E-state index is 12.7. The number of urea groups is 1. The predicted octanol–water partition coefficient (Wildman–Crippen LogP) is 2.04. The number of carbonyl (C=O) groups excluding carboxylic acids is 2. The molecule has 2 N–H and O–H groups in total. The second-order valence-corrected chi connectivity index (χ2v) is 9.26. The quantitative estimate of drug-likeness (QED) is 0.620. The lowest BCUT2D eigenvalue weighted by Gasteiger charge is -2.31. The molecule has 1 aliphatic rings. The number of rotatable bonds is 8. The lowest BCUT2D eigenvalue weighted by molar-refractivity contribution is -0.144. The highest BCUT2D eigenvalue weighted by Gasteiger charge is 2.29. The number of amides is 2. The van der Waals surface area contributed by atoms with Gasteiger partial charge in [-0.05, 0) is 58.1 Å². The van der Waals surface area contributed by atoms with E-state index < -0.39 is 28.1 Å². The highest BCUT2D eigenvalue weighted by Crippen LogP contribution is 2.25. The maximum atomic E-state index is 12.7. The van der Waals surface area contributed by atoms with E-state index in [-0.39, 0.29) is 6.61 Å².